The predicted molar refractivity (Wildman–Crippen MR) is 58.1 cm³/mol. The van der Waals surface area contributed by atoms with Crippen molar-refractivity contribution in [2.75, 3.05) is 13.1 Å². The molecule has 0 aromatic rings. The largest absolute Gasteiger partial charge is 0.481 e. The van der Waals surface area contributed by atoms with Crippen molar-refractivity contribution < 1.29 is 19.8 Å². The molecule has 0 aromatic heterocycles. The highest BCUT2D eigenvalue weighted by Crippen LogP contribution is 2.25. The SMILES string of the molecule is C=CC(C)N1CCC(C(=O)O)C(C(=O)O)C1. The van der Waals surface area contributed by atoms with Crippen LogP contribution >= 0.6 is 0 Å². The zero-order valence-electron chi connectivity index (χ0n) is 9.30. The lowest BCUT2D eigenvalue weighted by molar-refractivity contribution is -0.157. The van der Waals surface area contributed by atoms with Crippen LogP contribution in [-0.4, -0.2) is 46.2 Å². The third-order valence-electron chi connectivity index (χ3n) is 3.20. The molecular formula is C11H17NO4. The van der Waals surface area contributed by atoms with Crippen molar-refractivity contribution in [3.8, 4) is 0 Å². The summed E-state index contributed by atoms with van der Waals surface area (Å²) in [6.45, 7) is 6.46. The van der Waals surface area contributed by atoms with Gasteiger partial charge in [-0.2, -0.15) is 0 Å². The van der Waals surface area contributed by atoms with Crippen LogP contribution < -0.4 is 0 Å². The lowest BCUT2D eigenvalue weighted by Crippen LogP contribution is -2.48. The number of rotatable bonds is 4. The van der Waals surface area contributed by atoms with Crippen molar-refractivity contribution in [1.82, 2.24) is 4.90 Å². The van der Waals surface area contributed by atoms with Gasteiger partial charge in [0.15, 0.2) is 0 Å². The minimum Gasteiger partial charge on any atom is -0.481 e. The van der Waals surface area contributed by atoms with Crippen LogP contribution in [0.3, 0.4) is 0 Å². The molecule has 0 saturated carbocycles. The molecule has 0 bridgehead atoms. The molecule has 5 heteroatoms. The first-order valence-electron chi connectivity index (χ1n) is 5.29. The minimum atomic E-state index is -1.03. The molecule has 0 aromatic carbocycles. The van der Waals surface area contributed by atoms with Crippen LogP contribution in [0.15, 0.2) is 12.7 Å². The number of likely N-dealkylation sites (tertiary alicyclic amines) is 1. The highest BCUT2D eigenvalue weighted by atomic mass is 16.4. The maximum atomic E-state index is 11.0. The molecule has 1 aliphatic rings. The van der Waals surface area contributed by atoms with Crippen molar-refractivity contribution in [2.45, 2.75) is 19.4 Å². The number of piperidine rings is 1. The van der Waals surface area contributed by atoms with E-state index in [2.05, 4.69) is 6.58 Å². The smallest absolute Gasteiger partial charge is 0.308 e. The van der Waals surface area contributed by atoms with Crippen LogP contribution in [0.5, 0.6) is 0 Å². The van der Waals surface area contributed by atoms with Crippen molar-refractivity contribution in [2.24, 2.45) is 11.8 Å². The maximum absolute atomic E-state index is 11.0. The fourth-order valence-corrected chi connectivity index (χ4v) is 2.04. The van der Waals surface area contributed by atoms with Gasteiger partial charge in [0.05, 0.1) is 11.8 Å². The van der Waals surface area contributed by atoms with Crippen molar-refractivity contribution in [3.63, 3.8) is 0 Å². The fourth-order valence-electron chi connectivity index (χ4n) is 2.04. The average molecular weight is 227 g/mol. The molecule has 3 unspecified atom stereocenters. The zero-order valence-corrected chi connectivity index (χ0v) is 9.30. The van der Waals surface area contributed by atoms with Gasteiger partial charge in [-0.3, -0.25) is 14.5 Å². The normalized spacial score (nSPS) is 28.3. The standard InChI is InChI=1S/C11H17NO4/c1-3-7(2)12-5-4-8(10(13)14)9(6-12)11(15)16/h3,7-9H,1,4-6H2,2H3,(H,13,14)(H,15,16). The summed E-state index contributed by atoms with van der Waals surface area (Å²) in [6.07, 6.45) is 2.12. The minimum absolute atomic E-state index is 0.0802. The number of carbonyl (C=O) groups is 2. The lowest BCUT2D eigenvalue weighted by Gasteiger charge is -2.37. The molecule has 0 radical (unpaired) electrons. The Morgan fingerprint density at radius 1 is 1.38 bits per heavy atom. The van der Waals surface area contributed by atoms with Crippen LogP contribution in [0.25, 0.3) is 0 Å². The monoisotopic (exact) mass is 227 g/mol. The summed E-state index contributed by atoms with van der Waals surface area (Å²) in [7, 11) is 0. The van der Waals surface area contributed by atoms with E-state index in [4.69, 9.17) is 10.2 Å². The molecule has 16 heavy (non-hydrogen) atoms. The van der Waals surface area contributed by atoms with Gasteiger partial charge in [0, 0.05) is 12.6 Å². The average Bonchev–Trinajstić information content (AvgIpc) is 2.26. The van der Waals surface area contributed by atoms with E-state index in [9.17, 15) is 9.59 Å². The maximum Gasteiger partial charge on any atom is 0.308 e. The Morgan fingerprint density at radius 3 is 2.38 bits per heavy atom. The molecule has 2 N–H and O–H groups in total. The Morgan fingerprint density at radius 2 is 1.94 bits per heavy atom. The number of carboxylic acids is 2. The van der Waals surface area contributed by atoms with Crippen molar-refractivity contribution in [1.29, 1.82) is 0 Å². The van der Waals surface area contributed by atoms with E-state index in [0.29, 0.717) is 13.0 Å². The third-order valence-corrected chi connectivity index (χ3v) is 3.20. The Hall–Kier alpha value is -1.36. The topological polar surface area (TPSA) is 77.8 Å². The summed E-state index contributed by atoms with van der Waals surface area (Å²) in [6, 6.07) is 0.0802. The van der Waals surface area contributed by atoms with E-state index in [1.165, 1.54) is 0 Å². The molecule has 3 atom stereocenters. The van der Waals surface area contributed by atoms with Crippen LogP contribution in [0.4, 0.5) is 0 Å². The second-order valence-electron chi connectivity index (χ2n) is 4.15. The van der Waals surface area contributed by atoms with E-state index in [0.717, 1.165) is 0 Å². The first-order valence-corrected chi connectivity index (χ1v) is 5.29. The molecule has 0 spiro atoms. The number of hydrogen-bond donors (Lipinski definition) is 2. The molecular weight excluding hydrogens is 210 g/mol. The van der Waals surface area contributed by atoms with Gasteiger partial charge in [0.25, 0.3) is 0 Å². The summed E-state index contributed by atoms with van der Waals surface area (Å²) in [4.78, 5) is 23.9. The molecule has 0 aliphatic carbocycles. The fraction of sp³-hybridized carbons (Fsp3) is 0.636. The zero-order chi connectivity index (χ0) is 12.3. The Kier molecular flexibility index (Phi) is 4.06. The van der Waals surface area contributed by atoms with Gasteiger partial charge < -0.3 is 10.2 Å². The number of hydrogen-bond acceptors (Lipinski definition) is 3. The van der Waals surface area contributed by atoms with Crippen molar-refractivity contribution >= 4 is 11.9 Å². The molecule has 1 rings (SSSR count). The molecule has 1 aliphatic heterocycles. The van der Waals surface area contributed by atoms with E-state index < -0.39 is 23.8 Å². The molecule has 1 fully saturated rings. The van der Waals surface area contributed by atoms with E-state index in [1.54, 1.807) is 6.08 Å². The number of carboxylic acid groups (broad SMARTS) is 2. The second kappa shape index (κ2) is 5.12. The van der Waals surface area contributed by atoms with E-state index in [1.807, 2.05) is 11.8 Å². The van der Waals surface area contributed by atoms with Gasteiger partial charge in [-0.1, -0.05) is 6.08 Å². The van der Waals surface area contributed by atoms with Gasteiger partial charge >= 0.3 is 11.9 Å². The van der Waals surface area contributed by atoms with Gasteiger partial charge in [-0.15, -0.1) is 6.58 Å². The molecule has 1 heterocycles. The van der Waals surface area contributed by atoms with Gasteiger partial charge in [-0.25, -0.2) is 0 Å². The molecule has 5 nitrogen and oxygen atoms in total. The van der Waals surface area contributed by atoms with Gasteiger partial charge in [-0.05, 0) is 19.9 Å². The highest BCUT2D eigenvalue weighted by molar-refractivity contribution is 5.80. The Labute approximate surface area is 94.4 Å². The van der Waals surface area contributed by atoms with Crippen LogP contribution in [0.2, 0.25) is 0 Å². The number of nitrogens with zero attached hydrogens (tertiary/aromatic N) is 1. The van der Waals surface area contributed by atoms with Gasteiger partial charge in [0.2, 0.25) is 0 Å². The van der Waals surface area contributed by atoms with Crippen molar-refractivity contribution in [3.05, 3.63) is 12.7 Å². The number of aliphatic carboxylic acids is 2. The summed E-state index contributed by atoms with van der Waals surface area (Å²) < 4.78 is 0. The van der Waals surface area contributed by atoms with Crippen LogP contribution in [0.1, 0.15) is 13.3 Å². The first-order chi connectivity index (χ1) is 7.47. The summed E-state index contributed by atoms with van der Waals surface area (Å²) in [5, 5.41) is 18.0. The quantitative estimate of drug-likeness (QED) is 0.690. The van der Waals surface area contributed by atoms with E-state index in [-0.39, 0.29) is 12.6 Å². The second-order valence-corrected chi connectivity index (χ2v) is 4.15. The summed E-state index contributed by atoms with van der Waals surface area (Å²) >= 11 is 0. The molecule has 1 saturated heterocycles. The third kappa shape index (κ3) is 2.61. The van der Waals surface area contributed by atoms with Crippen LogP contribution in [0, 0.1) is 11.8 Å². The molecule has 90 valence electrons. The summed E-state index contributed by atoms with van der Waals surface area (Å²) in [5.74, 6) is -3.65. The Bertz CT molecular complexity index is 302. The first kappa shape index (κ1) is 12.7. The Balaban J connectivity index is 2.76. The van der Waals surface area contributed by atoms with Crippen LogP contribution in [-0.2, 0) is 9.59 Å². The highest BCUT2D eigenvalue weighted by Gasteiger charge is 2.39. The van der Waals surface area contributed by atoms with E-state index >= 15 is 0 Å². The summed E-state index contributed by atoms with van der Waals surface area (Å²) in [5.41, 5.74) is 0. The lowest BCUT2D eigenvalue weighted by atomic mass is 9.85. The van der Waals surface area contributed by atoms with Gasteiger partial charge in [0.1, 0.15) is 0 Å². The molecule has 0 amide bonds. The predicted octanol–water partition coefficient (Wildman–Crippen LogP) is 0.668.